The van der Waals surface area contributed by atoms with Crippen LogP contribution in [0.15, 0.2) is 29.3 Å². The average Bonchev–Trinajstić information content (AvgIpc) is 2.40. The molecule has 0 radical (unpaired) electrons. The first-order chi connectivity index (χ1) is 9.63. The summed E-state index contributed by atoms with van der Waals surface area (Å²) in [6.45, 7) is 0.631. The molecule has 0 aromatic carbocycles. The minimum Gasteiger partial charge on any atom is -0.391 e. The summed E-state index contributed by atoms with van der Waals surface area (Å²) in [6.07, 6.45) is 11.2. The number of aliphatic hydroxyl groups is 1. The lowest BCUT2D eigenvalue weighted by Crippen LogP contribution is -2.52. The SMILES string of the molecule is O=c1ccn(CC(O)C23CC4CC(CC(C4)C2)C3)cc1. The van der Waals surface area contributed by atoms with Crippen LogP contribution in [0, 0.1) is 23.2 Å². The molecule has 1 aromatic rings. The van der Waals surface area contributed by atoms with Crippen molar-refractivity contribution in [3.8, 4) is 0 Å². The van der Waals surface area contributed by atoms with E-state index >= 15 is 0 Å². The van der Waals surface area contributed by atoms with Crippen LogP contribution in [0.2, 0.25) is 0 Å². The van der Waals surface area contributed by atoms with Crippen LogP contribution in [0.25, 0.3) is 0 Å². The van der Waals surface area contributed by atoms with Crippen LogP contribution in [0.1, 0.15) is 38.5 Å². The van der Waals surface area contributed by atoms with Crippen molar-refractivity contribution in [2.75, 3.05) is 0 Å². The van der Waals surface area contributed by atoms with E-state index in [0.29, 0.717) is 6.54 Å². The molecule has 0 spiro atoms. The van der Waals surface area contributed by atoms with Gasteiger partial charge in [-0.15, -0.1) is 0 Å². The number of hydrogen-bond donors (Lipinski definition) is 1. The van der Waals surface area contributed by atoms with E-state index in [1.54, 1.807) is 24.5 Å². The van der Waals surface area contributed by atoms with E-state index in [-0.39, 0.29) is 16.9 Å². The highest BCUT2D eigenvalue weighted by atomic mass is 16.3. The largest absolute Gasteiger partial charge is 0.391 e. The molecule has 1 heterocycles. The summed E-state index contributed by atoms with van der Waals surface area (Å²) < 4.78 is 1.96. The zero-order valence-corrected chi connectivity index (χ0v) is 11.9. The number of pyridine rings is 1. The lowest BCUT2D eigenvalue weighted by atomic mass is 9.48. The maximum absolute atomic E-state index is 11.2. The fourth-order valence-corrected chi connectivity index (χ4v) is 5.54. The highest BCUT2D eigenvalue weighted by molar-refractivity contribution is 5.05. The van der Waals surface area contributed by atoms with Crippen molar-refractivity contribution in [2.45, 2.75) is 51.2 Å². The molecule has 4 fully saturated rings. The normalized spacial score (nSPS) is 40.0. The van der Waals surface area contributed by atoms with Crippen LogP contribution in [0.4, 0.5) is 0 Å². The van der Waals surface area contributed by atoms with Gasteiger partial charge in [0.25, 0.3) is 0 Å². The number of aliphatic hydroxyl groups excluding tert-OH is 1. The van der Waals surface area contributed by atoms with Crippen molar-refractivity contribution < 1.29 is 5.11 Å². The zero-order chi connectivity index (χ0) is 13.7. The van der Waals surface area contributed by atoms with Gasteiger partial charge in [0.05, 0.1) is 6.10 Å². The second kappa shape index (κ2) is 4.45. The molecule has 1 N–H and O–H groups in total. The molecule has 4 bridgehead atoms. The zero-order valence-electron chi connectivity index (χ0n) is 11.9. The quantitative estimate of drug-likeness (QED) is 0.919. The van der Waals surface area contributed by atoms with Crippen LogP contribution < -0.4 is 5.43 Å². The van der Waals surface area contributed by atoms with Gasteiger partial charge in [-0.2, -0.15) is 0 Å². The second-order valence-corrected chi connectivity index (χ2v) is 7.53. The first-order valence-electron chi connectivity index (χ1n) is 7.97. The number of rotatable bonds is 3. The topological polar surface area (TPSA) is 42.2 Å². The maximum Gasteiger partial charge on any atom is 0.181 e. The van der Waals surface area contributed by atoms with Gasteiger partial charge in [0.15, 0.2) is 5.43 Å². The molecular formula is C17H23NO2. The lowest BCUT2D eigenvalue weighted by molar-refractivity contribution is -0.124. The van der Waals surface area contributed by atoms with Gasteiger partial charge in [-0.05, 0) is 61.7 Å². The maximum atomic E-state index is 11.2. The Morgan fingerprint density at radius 1 is 1.10 bits per heavy atom. The van der Waals surface area contributed by atoms with Gasteiger partial charge in [-0.3, -0.25) is 4.79 Å². The minimum atomic E-state index is -0.265. The third-order valence-corrected chi connectivity index (χ3v) is 6.04. The Bertz CT molecular complexity index is 507. The van der Waals surface area contributed by atoms with Gasteiger partial charge < -0.3 is 9.67 Å². The summed E-state index contributed by atoms with van der Waals surface area (Å²) in [7, 11) is 0. The van der Waals surface area contributed by atoms with E-state index in [4.69, 9.17) is 0 Å². The van der Waals surface area contributed by atoms with Crippen molar-refractivity contribution in [1.29, 1.82) is 0 Å². The van der Waals surface area contributed by atoms with E-state index in [1.807, 2.05) is 4.57 Å². The van der Waals surface area contributed by atoms with Gasteiger partial charge in [0.1, 0.15) is 0 Å². The van der Waals surface area contributed by atoms with Crippen molar-refractivity contribution >= 4 is 0 Å². The van der Waals surface area contributed by atoms with E-state index in [2.05, 4.69) is 0 Å². The second-order valence-electron chi connectivity index (χ2n) is 7.53. The molecule has 1 unspecified atom stereocenters. The molecule has 20 heavy (non-hydrogen) atoms. The molecule has 4 aliphatic rings. The Hall–Kier alpha value is -1.09. The van der Waals surface area contributed by atoms with Crippen molar-refractivity contribution in [3.63, 3.8) is 0 Å². The molecule has 4 aliphatic carbocycles. The molecule has 3 heteroatoms. The molecule has 1 aromatic heterocycles. The Morgan fingerprint density at radius 2 is 1.60 bits per heavy atom. The van der Waals surface area contributed by atoms with Crippen LogP contribution in [-0.2, 0) is 6.54 Å². The fourth-order valence-electron chi connectivity index (χ4n) is 5.54. The first kappa shape index (κ1) is 12.6. The fraction of sp³-hybridized carbons (Fsp3) is 0.706. The molecule has 0 aliphatic heterocycles. The van der Waals surface area contributed by atoms with E-state index < -0.39 is 0 Å². The predicted molar refractivity (Wildman–Crippen MR) is 77.3 cm³/mol. The third-order valence-electron chi connectivity index (χ3n) is 6.04. The van der Waals surface area contributed by atoms with Gasteiger partial charge in [-0.1, -0.05) is 0 Å². The highest BCUT2D eigenvalue weighted by Crippen LogP contribution is 2.61. The summed E-state index contributed by atoms with van der Waals surface area (Å²) in [5.41, 5.74) is 0.197. The van der Waals surface area contributed by atoms with Crippen LogP contribution >= 0.6 is 0 Å². The Kier molecular flexibility index (Phi) is 2.81. The molecule has 4 saturated carbocycles. The summed E-state index contributed by atoms with van der Waals surface area (Å²) in [5.74, 6) is 2.60. The first-order valence-corrected chi connectivity index (χ1v) is 7.97. The molecular weight excluding hydrogens is 250 g/mol. The Labute approximate surface area is 119 Å². The Morgan fingerprint density at radius 3 is 2.10 bits per heavy atom. The molecule has 0 saturated heterocycles. The van der Waals surface area contributed by atoms with E-state index in [0.717, 1.165) is 17.8 Å². The minimum absolute atomic E-state index is 0.0329. The smallest absolute Gasteiger partial charge is 0.181 e. The molecule has 0 amide bonds. The number of nitrogens with zero attached hydrogens (tertiary/aromatic N) is 1. The van der Waals surface area contributed by atoms with Gasteiger partial charge >= 0.3 is 0 Å². The molecule has 108 valence electrons. The van der Waals surface area contributed by atoms with Crippen molar-refractivity contribution in [2.24, 2.45) is 23.2 Å². The standard InChI is InChI=1S/C17H23NO2/c19-15-1-3-18(4-2-15)11-16(20)17-8-12-5-13(9-17)7-14(6-12)10-17/h1-4,12-14,16,20H,5-11H2. The third kappa shape index (κ3) is 2.03. The summed E-state index contributed by atoms with van der Waals surface area (Å²) >= 11 is 0. The monoisotopic (exact) mass is 273 g/mol. The van der Waals surface area contributed by atoms with Crippen LogP contribution in [-0.4, -0.2) is 15.8 Å². The van der Waals surface area contributed by atoms with Crippen molar-refractivity contribution in [3.05, 3.63) is 34.7 Å². The van der Waals surface area contributed by atoms with Gasteiger partial charge in [0.2, 0.25) is 0 Å². The Balaban J connectivity index is 1.54. The van der Waals surface area contributed by atoms with Crippen LogP contribution in [0.3, 0.4) is 0 Å². The van der Waals surface area contributed by atoms with E-state index in [1.165, 1.54) is 38.5 Å². The highest BCUT2D eigenvalue weighted by Gasteiger charge is 2.53. The van der Waals surface area contributed by atoms with Gasteiger partial charge in [-0.25, -0.2) is 0 Å². The van der Waals surface area contributed by atoms with Gasteiger partial charge in [0, 0.05) is 31.1 Å². The number of hydrogen-bond acceptors (Lipinski definition) is 2. The summed E-state index contributed by atoms with van der Waals surface area (Å²) in [5, 5.41) is 10.8. The predicted octanol–water partition coefficient (Wildman–Crippen LogP) is 2.43. The molecule has 3 nitrogen and oxygen atoms in total. The van der Waals surface area contributed by atoms with Crippen LogP contribution in [0.5, 0.6) is 0 Å². The van der Waals surface area contributed by atoms with E-state index in [9.17, 15) is 9.90 Å². The van der Waals surface area contributed by atoms with Crippen molar-refractivity contribution in [1.82, 2.24) is 4.57 Å². The summed E-state index contributed by atoms with van der Waals surface area (Å²) in [6, 6.07) is 3.15. The number of aromatic nitrogens is 1. The molecule has 5 rings (SSSR count). The molecule has 1 atom stereocenters. The average molecular weight is 273 g/mol. The summed E-state index contributed by atoms with van der Waals surface area (Å²) in [4.78, 5) is 11.2. The lowest BCUT2D eigenvalue weighted by Gasteiger charge is -2.58.